The summed E-state index contributed by atoms with van der Waals surface area (Å²) >= 11 is 0. The number of fused-ring (bicyclic) bond motifs is 1. The Bertz CT molecular complexity index is 573. The zero-order chi connectivity index (χ0) is 15.4. The van der Waals surface area contributed by atoms with Crippen molar-refractivity contribution in [1.29, 1.82) is 0 Å². The first kappa shape index (κ1) is 15.0. The maximum Gasteiger partial charge on any atom is 0.321 e. The summed E-state index contributed by atoms with van der Waals surface area (Å²) in [5.41, 5.74) is 7.54. The molecule has 0 radical (unpaired) electrons. The molecule has 0 spiro atoms. The van der Waals surface area contributed by atoms with Gasteiger partial charge in [0.2, 0.25) is 11.8 Å². The quantitative estimate of drug-likeness (QED) is 0.688. The molecule has 0 saturated carbocycles. The number of benzene rings is 1. The van der Waals surface area contributed by atoms with E-state index in [4.69, 9.17) is 5.73 Å². The summed E-state index contributed by atoms with van der Waals surface area (Å²) in [7, 11) is 1.42. The van der Waals surface area contributed by atoms with Gasteiger partial charge in [-0.25, -0.2) is 4.79 Å². The van der Waals surface area contributed by atoms with E-state index in [0.29, 0.717) is 13.0 Å². The minimum absolute atomic E-state index is 0.0602. The highest BCUT2D eigenvalue weighted by molar-refractivity contribution is 5.95. The molecule has 0 aromatic heterocycles. The van der Waals surface area contributed by atoms with Crippen molar-refractivity contribution in [3.8, 4) is 0 Å². The van der Waals surface area contributed by atoms with Gasteiger partial charge in [-0.15, -0.1) is 0 Å². The van der Waals surface area contributed by atoms with Crippen LogP contribution in [0.25, 0.3) is 0 Å². The van der Waals surface area contributed by atoms with E-state index in [1.54, 1.807) is 4.90 Å². The maximum absolute atomic E-state index is 11.8. The third kappa shape index (κ3) is 3.57. The molecule has 7 nitrogen and oxygen atoms in total. The van der Waals surface area contributed by atoms with Crippen LogP contribution in [-0.4, -0.2) is 42.4 Å². The number of carbonyl (C=O) groups excluding carboxylic acids is 3. The molecule has 4 N–H and O–H groups in total. The molecule has 0 saturated heterocycles. The summed E-state index contributed by atoms with van der Waals surface area (Å²) in [5, 5.41) is 4.48. The number of nitrogens with one attached hydrogen (secondary N) is 2. The molecule has 0 aliphatic carbocycles. The summed E-state index contributed by atoms with van der Waals surface area (Å²) in [6, 6.07) is 6.60. The highest BCUT2D eigenvalue weighted by Gasteiger charge is 2.31. The number of nitrogens with zero attached hydrogens (tertiary/aromatic N) is 1. The number of amides is 4. The third-order valence-electron chi connectivity index (χ3n) is 3.50. The number of carbonyl (C=O) groups is 3. The lowest BCUT2D eigenvalue weighted by Crippen LogP contribution is -2.52. The van der Waals surface area contributed by atoms with Crippen molar-refractivity contribution >= 4 is 17.8 Å². The molecular formula is C14H18N4O3. The molecule has 21 heavy (non-hydrogen) atoms. The monoisotopic (exact) mass is 290 g/mol. The van der Waals surface area contributed by atoms with Crippen LogP contribution in [0.3, 0.4) is 0 Å². The molecule has 1 aliphatic heterocycles. The van der Waals surface area contributed by atoms with Crippen LogP contribution < -0.4 is 16.4 Å². The number of hydrogen-bond donors (Lipinski definition) is 3. The first-order valence-corrected chi connectivity index (χ1v) is 6.63. The van der Waals surface area contributed by atoms with E-state index in [0.717, 1.165) is 11.1 Å². The van der Waals surface area contributed by atoms with Crippen molar-refractivity contribution in [2.75, 3.05) is 13.6 Å². The molecular weight excluding hydrogens is 272 g/mol. The Morgan fingerprint density at radius 3 is 2.57 bits per heavy atom. The summed E-state index contributed by atoms with van der Waals surface area (Å²) in [6.07, 6.45) is 0.471. The van der Waals surface area contributed by atoms with Gasteiger partial charge in [-0.05, 0) is 17.5 Å². The van der Waals surface area contributed by atoms with Crippen LogP contribution in [0.2, 0.25) is 0 Å². The van der Waals surface area contributed by atoms with Gasteiger partial charge >= 0.3 is 6.03 Å². The Kier molecular flexibility index (Phi) is 4.54. The van der Waals surface area contributed by atoms with Gasteiger partial charge in [0.05, 0.1) is 12.6 Å². The second-order valence-electron chi connectivity index (χ2n) is 4.92. The van der Waals surface area contributed by atoms with Crippen LogP contribution in [0.4, 0.5) is 4.79 Å². The average molecular weight is 290 g/mol. The first-order chi connectivity index (χ1) is 10.0. The topological polar surface area (TPSA) is 105 Å². The Morgan fingerprint density at radius 1 is 1.29 bits per heavy atom. The average Bonchev–Trinajstić information content (AvgIpc) is 2.46. The lowest BCUT2D eigenvalue weighted by atomic mass is 9.93. The fourth-order valence-electron chi connectivity index (χ4n) is 2.44. The molecule has 1 aromatic carbocycles. The van der Waals surface area contributed by atoms with E-state index >= 15 is 0 Å². The smallest absolute Gasteiger partial charge is 0.321 e. The molecule has 7 heteroatoms. The van der Waals surface area contributed by atoms with Crippen LogP contribution in [0.5, 0.6) is 0 Å². The minimum atomic E-state index is -0.576. The van der Waals surface area contributed by atoms with Crippen LogP contribution in [0.1, 0.15) is 11.1 Å². The predicted molar refractivity (Wildman–Crippen MR) is 76.1 cm³/mol. The molecule has 1 aliphatic rings. The second kappa shape index (κ2) is 6.36. The predicted octanol–water partition coefficient (Wildman–Crippen LogP) is -0.646. The fraction of sp³-hybridized carbons (Fsp3) is 0.357. The number of primary amides is 1. The molecule has 112 valence electrons. The second-order valence-corrected chi connectivity index (χ2v) is 4.92. The number of rotatable bonds is 3. The fourth-order valence-corrected chi connectivity index (χ4v) is 2.44. The molecule has 4 amide bonds. The lowest BCUT2D eigenvalue weighted by molar-refractivity contribution is -0.127. The van der Waals surface area contributed by atoms with E-state index in [1.165, 1.54) is 7.05 Å². The Morgan fingerprint density at radius 2 is 1.95 bits per heavy atom. The molecule has 0 bridgehead atoms. The standard InChI is InChI=1S/C14H18N4O3/c1-16-14(21)17-12(19)8-18-7-10-5-3-2-4-9(10)6-11(18)13(15)20/h2-5,11H,6-8H2,1H3,(H2,15,20)(H2,16,17,19,21)/t11-/m0/s1. The Labute approximate surface area is 122 Å². The van der Waals surface area contributed by atoms with Gasteiger partial charge in [-0.1, -0.05) is 24.3 Å². The zero-order valence-corrected chi connectivity index (χ0v) is 11.8. The summed E-state index contributed by atoms with van der Waals surface area (Å²) in [4.78, 5) is 36.2. The van der Waals surface area contributed by atoms with E-state index in [1.807, 2.05) is 24.3 Å². The van der Waals surface area contributed by atoms with E-state index in [-0.39, 0.29) is 6.54 Å². The van der Waals surface area contributed by atoms with E-state index in [2.05, 4.69) is 10.6 Å². The normalized spacial score (nSPS) is 17.7. The van der Waals surface area contributed by atoms with Crippen LogP contribution in [0, 0.1) is 0 Å². The number of nitrogens with two attached hydrogens (primary N) is 1. The molecule has 0 fully saturated rings. The van der Waals surface area contributed by atoms with Gasteiger partial charge in [-0.2, -0.15) is 0 Å². The highest BCUT2D eigenvalue weighted by Crippen LogP contribution is 2.22. The zero-order valence-electron chi connectivity index (χ0n) is 11.8. The largest absolute Gasteiger partial charge is 0.368 e. The van der Waals surface area contributed by atoms with Crippen LogP contribution in [-0.2, 0) is 22.6 Å². The van der Waals surface area contributed by atoms with Gasteiger partial charge in [0, 0.05) is 13.6 Å². The summed E-state index contributed by atoms with van der Waals surface area (Å²) in [6.45, 7) is 0.389. The van der Waals surface area contributed by atoms with Gasteiger partial charge in [0.15, 0.2) is 0 Å². The van der Waals surface area contributed by atoms with Gasteiger partial charge in [0.25, 0.3) is 0 Å². The van der Waals surface area contributed by atoms with Crippen LogP contribution >= 0.6 is 0 Å². The molecule has 2 rings (SSSR count). The Balaban J connectivity index is 2.11. The minimum Gasteiger partial charge on any atom is -0.368 e. The number of urea groups is 1. The SMILES string of the molecule is CNC(=O)NC(=O)CN1Cc2ccccc2C[C@H]1C(N)=O. The van der Waals surface area contributed by atoms with Crippen molar-refractivity contribution < 1.29 is 14.4 Å². The van der Waals surface area contributed by atoms with E-state index in [9.17, 15) is 14.4 Å². The van der Waals surface area contributed by atoms with Crippen molar-refractivity contribution in [2.24, 2.45) is 5.73 Å². The summed E-state index contributed by atoms with van der Waals surface area (Å²) < 4.78 is 0. The number of imide groups is 1. The molecule has 1 heterocycles. The first-order valence-electron chi connectivity index (χ1n) is 6.63. The lowest BCUT2D eigenvalue weighted by Gasteiger charge is -2.34. The molecule has 1 atom stereocenters. The van der Waals surface area contributed by atoms with Gasteiger partial charge in [0.1, 0.15) is 0 Å². The number of hydrogen-bond acceptors (Lipinski definition) is 4. The van der Waals surface area contributed by atoms with Crippen LogP contribution in [0.15, 0.2) is 24.3 Å². The van der Waals surface area contributed by atoms with Crippen molar-refractivity contribution in [1.82, 2.24) is 15.5 Å². The summed E-state index contributed by atoms with van der Waals surface area (Å²) in [5.74, 6) is -0.947. The molecule has 1 aromatic rings. The van der Waals surface area contributed by atoms with Crippen molar-refractivity contribution in [3.63, 3.8) is 0 Å². The van der Waals surface area contributed by atoms with Gasteiger partial charge in [-0.3, -0.25) is 19.8 Å². The third-order valence-corrected chi connectivity index (χ3v) is 3.50. The molecule has 0 unspecified atom stereocenters. The maximum atomic E-state index is 11.8. The van der Waals surface area contributed by atoms with Gasteiger partial charge < -0.3 is 11.1 Å². The van der Waals surface area contributed by atoms with Crippen molar-refractivity contribution in [3.05, 3.63) is 35.4 Å². The Hall–Kier alpha value is -2.41. The highest BCUT2D eigenvalue weighted by atomic mass is 16.2. The van der Waals surface area contributed by atoms with E-state index < -0.39 is 23.9 Å². The van der Waals surface area contributed by atoms with Crippen molar-refractivity contribution in [2.45, 2.75) is 19.0 Å².